The molecule has 0 atom stereocenters. The Labute approximate surface area is 108 Å². The second-order valence-electron chi connectivity index (χ2n) is 0. The molecule has 0 saturated heterocycles. The largest absolute Gasteiger partial charge is 1.00 e. The first-order chi connectivity index (χ1) is 0. The summed E-state index contributed by atoms with van der Waals surface area (Å²) < 4.78 is 0. The van der Waals surface area contributed by atoms with E-state index in [0.29, 0.717) is 0 Å². The summed E-state index contributed by atoms with van der Waals surface area (Å²) in [6.45, 7) is 0. The van der Waals surface area contributed by atoms with Gasteiger partial charge in [0.15, 0.2) is 0 Å². The maximum atomic E-state index is 0. The average Bonchev–Trinajstić information content (AvgIpc) is 0. The second-order valence-corrected chi connectivity index (χ2v) is 0. The standard InChI is InChI=1S/2ClH.K.Na.H2O/h2*1H;;;1H2/q;;2*+1;/p-2. The summed E-state index contributed by atoms with van der Waals surface area (Å²) in [6.07, 6.45) is 0. The van der Waals surface area contributed by atoms with Gasteiger partial charge in [-0.3, -0.25) is 0 Å². The fraction of sp³-hybridized carbons (Fsp3) is 0. The molecular weight excluding hydrogens is 149 g/mol. The van der Waals surface area contributed by atoms with Crippen LogP contribution in [-0.2, 0) is 0 Å². The van der Waals surface area contributed by atoms with Crippen molar-refractivity contribution in [2.45, 2.75) is 0 Å². The Kier molecular flexibility index (Phi) is 226. The number of halogens is 2. The van der Waals surface area contributed by atoms with Crippen molar-refractivity contribution in [2.24, 2.45) is 0 Å². The molecule has 0 fully saturated rings. The van der Waals surface area contributed by atoms with E-state index in [1.54, 1.807) is 0 Å². The zero-order valence-electron chi connectivity index (χ0n) is 3.26. The van der Waals surface area contributed by atoms with E-state index in [2.05, 4.69) is 0 Å². The molecule has 0 unspecified atom stereocenters. The maximum absolute atomic E-state index is 0. The number of hydrogen-bond acceptors (Lipinski definition) is 0. The van der Waals surface area contributed by atoms with E-state index < -0.39 is 0 Å². The van der Waals surface area contributed by atoms with Crippen molar-refractivity contribution >= 4 is 0 Å². The van der Waals surface area contributed by atoms with Crippen LogP contribution in [0.15, 0.2) is 0 Å². The van der Waals surface area contributed by atoms with E-state index in [1.165, 1.54) is 0 Å². The molecule has 0 aliphatic carbocycles. The summed E-state index contributed by atoms with van der Waals surface area (Å²) in [4.78, 5) is 0. The summed E-state index contributed by atoms with van der Waals surface area (Å²) in [5, 5.41) is 0. The van der Waals surface area contributed by atoms with E-state index in [4.69, 9.17) is 0 Å². The molecule has 0 aromatic carbocycles. The monoisotopic (exact) mass is 150 g/mol. The molecule has 0 aliphatic rings. The van der Waals surface area contributed by atoms with Crippen LogP contribution in [0.4, 0.5) is 0 Å². The first-order valence-corrected chi connectivity index (χ1v) is 0. The molecule has 24 valence electrons. The van der Waals surface area contributed by atoms with E-state index in [0.717, 1.165) is 0 Å². The van der Waals surface area contributed by atoms with Crippen LogP contribution >= 0.6 is 0 Å². The molecule has 0 saturated carbocycles. The smallest absolute Gasteiger partial charge is 1.00 e. The summed E-state index contributed by atoms with van der Waals surface area (Å²) in [5.74, 6) is 0. The molecule has 0 rings (SSSR count). The van der Waals surface area contributed by atoms with Crippen molar-refractivity contribution in [3.8, 4) is 0 Å². The maximum Gasteiger partial charge on any atom is 1.00 e. The van der Waals surface area contributed by atoms with Crippen molar-refractivity contribution < 1.29 is 111 Å². The Balaban J connectivity index is 0. The Bertz CT molecular complexity index is 9.61. The average molecular weight is 151 g/mol. The van der Waals surface area contributed by atoms with Gasteiger partial charge in [-0.2, -0.15) is 0 Å². The number of hydrogen-bond donors (Lipinski definition) is 0. The van der Waals surface area contributed by atoms with Crippen molar-refractivity contribution in [3.63, 3.8) is 0 Å². The third-order valence-corrected chi connectivity index (χ3v) is 0. The summed E-state index contributed by atoms with van der Waals surface area (Å²) in [7, 11) is 0. The van der Waals surface area contributed by atoms with Crippen molar-refractivity contribution in [1.82, 2.24) is 0 Å². The molecule has 0 heterocycles. The quantitative estimate of drug-likeness (QED) is 0.308. The predicted molar refractivity (Wildman–Crippen MR) is 3.61 cm³/mol. The molecule has 5 heavy (non-hydrogen) atoms. The van der Waals surface area contributed by atoms with Crippen molar-refractivity contribution in [2.75, 3.05) is 0 Å². The van der Waals surface area contributed by atoms with Crippen LogP contribution in [0, 0.1) is 0 Å². The van der Waals surface area contributed by atoms with Gasteiger partial charge in [-0.05, 0) is 0 Å². The van der Waals surface area contributed by atoms with Crippen molar-refractivity contribution in [1.29, 1.82) is 0 Å². The molecular formula is H2Cl2KNaO. The van der Waals surface area contributed by atoms with Gasteiger partial charge in [-0.1, -0.05) is 0 Å². The van der Waals surface area contributed by atoms with E-state index in [9.17, 15) is 0 Å². The van der Waals surface area contributed by atoms with E-state index >= 15 is 0 Å². The first kappa shape index (κ1) is 41.7. The minimum Gasteiger partial charge on any atom is -1.00 e. The molecule has 5 heteroatoms. The van der Waals surface area contributed by atoms with Gasteiger partial charge in [-0.15, -0.1) is 0 Å². The zero-order chi connectivity index (χ0) is 0. The second kappa shape index (κ2) is 27.1. The van der Waals surface area contributed by atoms with Gasteiger partial charge >= 0.3 is 80.9 Å². The van der Waals surface area contributed by atoms with Crippen molar-refractivity contribution in [3.05, 3.63) is 0 Å². The Morgan fingerprint density at radius 3 is 0.800 bits per heavy atom. The van der Waals surface area contributed by atoms with E-state index in [1.807, 2.05) is 0 Å². The fourth-order valence-electron chi connectivity index (χ4n) is 0. The number of rotatable bonds is 0. The van der Waals surface area contributed by atoms with Gasteiger partial charge in [-0.25, -0.2) is 0 Å². The molecule has 0 amide bonds. The molecule has 0 aromatic rings. The molecule has 1 nitrogen and oxygen atoms in total. The van der Waals surface area contributed by atoms with Crippen LogP contribution in [0.25, 0.3) is 0 Å². The van der Waals surface area contributed by atoms with Crippen LogP contribution < -0.4 is 106 Å². The van der Waals surface area contributed by atoms with E-state index in [-0.39, 0.29) is 111 Å². The van der Waals surface area contributed by atoms with Gasteiger partial charge in [0.1, 0.15) is 0 Å². The summed E-state index contributed by atoms with van der Waals surface area (Å²) >= 11 is 0. The Morgan fingerprint density at radius 2 is 0.800 bits per heavy atom. The predicted octanol–water partition coefficient (Wildman–Crippen LogP) is -12.8. The molecule has 0 aromatic heterocycles. The van der Waals surface area contributed by atoms with Gasteiger partial charge in [0.2, 0.25) is 0 Å². The summed E-state index contributed by atoms with van der Waals surface area (Å²) in [5.41, 5.74) is 0. The first-order valence-electron chi connectivity index (χ1n) is 0. The fourth-order valence-corrected chi connectivity index (χ4v) is 0. The third-order valence-electron chi connectivity index (χ3n) is 0. The van der Waals surface area contributed by atoms with Gasteiger partial charge in [0.25, 0.3) is 0 Å². The zero-order valence-corrected chi connectivity index (χ0v) is 9.89. The van der Waals surface area contributed by atoms with Crippen LogP contribution in [0.2, 0.25) is 0 Å². The van der Waals surface area contributed by atoms with Crippen LogP contribution in [0.1, 0.15) is 0 Å². The molecule has 0 spiro atoms. The molecule has 2 N–H and O–H groups in total. The van der Waals surface area contributed by atoms with Crippen LogP contribution in [0.5, 0.6) is 0 Å². The molecule has 0 bridgehead atoms. The van der Waals surface area contributed by atoms with Crippen LogP contribution in [-0.4, -0.2) is 5.48 Å². The SMILES string of the molecule is O.[Cl-].[Cl-].[K+].[Na+]. The topological polar surface area (TPSA) is 31.5 Å². The minimum absolute atomic E-state index is 0. The Morgan fingerprint density at radius 1 is 0.800 bits per heavy atom. The van der Waals surface area contributed by atoms with Gasteiger partial charge in [0, 0.05) is 0 Å². The van der Waals surface area contributed by atoms with Crippen LogP contribution in [0.3, 0.4) is 0 Å². The minimum atomic E-state index is 0. The molecule has 0 aliphatic heterocycles. The normalized spacial score (nSPS) is 0. The van der Waals surface area contributed by atoms with Gasteiger partial charge < -0.3 is 30.3 Å². The summed E-state index contributed by atoms with van der Waals surface area (Å²) in [6, 6.07) is 0. The molecule has 0 radical (unpaired) electrons. The Hall–Kier alpha value is 3.18. The third kappa shape index (κ3) is 19.1. The van der Waals surface area contributed by atoms with Gasteiger partial charge in [0.05, 0.1) is 0 Å².